The van der Waals surface area contributed by atoms with Crippen LogP contribution in [0.3, 0.4) is 0 Å². The van der Waals surface area contributed by atoms with Gasteiger partial charge in [0.05, 0.1) is 4.92 Å². The fraction of sp³-hybridized carbons (Fsp3) is 0.500. The zero-order valence-electron chi connectivity index (χ0n) is 10.2. The lowest BCUT2D eigenvalue weighted by Crippen LogP contribution is -2.28. The number of nitrogens with one attached hydrogen (secondary N) is 1. The second-order valence-electron chi connectivity index (χ2n) is 4.13. The smallest absolute Gasteiger partial charge is 0.273 e. The van der Waals surface area contributed by atoms with Crippen LogP contribution in [0, 0.1) is 17.0 Å². The van der Waals surface area contributed by atoms with Crippen molar-refractivity contribution in [2.45, 2.75) is 32.7 Å². The topological polar surface area (TPSA) is 55.2 Å². The minimum atomic E-state index is -0.304. The number of nitro benzene ring substituents is 1. The van der Waals surface area contributed by atoms with Crippen molar-refractivity contribution in [3.05, 3.63) is 39.4 Å². The molecule has 1 aromatic rings. The molecule has 0 heterocycles. The number of nitro groups is 1. The van der Waals surface area contributed by atoms with E-state index < -0.39 is 0 Å². The fourth-order valence-corrected chi connectivity index (χ4v) is 1.92. The standard InChI is InChI=1S/C12H18N2O2/c1-8-6-5-7-11(14(15)16)12(8)9(2)10(3)13-4/h5-7,9-10,13H,1-4H3. The molecule has 0 aliphatic carbocycles. The van der Waals surface area contributed by atoms with Crippen LogP contribution in [0.25, 0.3) is 0 Å². The Morgan fingerprint density at radius 3 is 2.50 bits per heavy atom. The van der Waals surface area contributed by atoms with Gasteiger partial charge in [0.1, 0.15) is 0 Å². The predicted molar refractivity (Wildman–Crippen MR) is 64.8 cm³/mol. The number of rotatable bonds is 4. The molecular weight excluding hydrogens is 204 g/mol. The zero-order chi connectivity index (χ0) is 12.3. The Morgan fingerprint density at radius 2 is 2.00 bits per heavy atom. The average Bonchev–Trinajstić information content (AvgIpc) is 2.26. The van der Waals surface area contributed by atoms with Crippen molar-refractivity contribution < 1.29 is 4.92 Å². The molecule has 1 aromatic carbocycles. The number of likely N-dealkylation sites (N-methyl/N-ethyl adjacent to an activating group) is 1. The third-order valence-corrected chi connectivity index (χ3v) is 3.16. The molecule has 4 heteroatoms. The molecule has 0 amide bonds. The van der Waals surface area contributed by atoms with E-state index in [4.69, 9.17) is 0 Å². The second-order valence-corrected chi connectivity index (χ2v) is 4.13. The van der Waals surface area contributed by atoms with Crippen LogP contribution < -0.4 is 5.32 Å². The lowest BCUT2D eigenvalue weighted by Gasteiger charge is -2.21. The molecule has 0 aliphatic heterocycles. The summed E-state index contributed by atoms with van der Waals surface area (Å²) < 4.78 is 0. The molecule has 0 radical (unpaired) electrons. The van der Waals surface area contributed by atoms with Crippen molar-refractivity contribution in [3.8, 4) is 0 Å². The van der Waals surface area contributed by atoms with Gasteiger partial charge in [-0.15, -0.1) is 0 Å². The quantitative estimate of drug-likeness (QED) is 0.629. The van der Waals surface area contributed by atoms with Crippen molar-refractivity contribution in [2.24, 2.45) is 0 Å². The second kappa shape index (κ2) is 5.07. The van der Waals surface area contributed by atoms with Gasteiger partial charge >= 0.3 is 0 Å². The first-order chi connectivity index (χ1) is 7.49. The third-order valence-electron chi connectivity index (χ3n) is 3.16. The highest BCUT2D eigenvalue weighted by Gasteiger charge is 2.23. The Morgan fingerprint density at radius 1 is 1.38 bits per heavy atom. The maximum absolute atomic E-state index is 11.0. The Balaban J connectivity index is 3.24. The van der Waals surface area contributed by atoms with E-state index in [2.05, 4.69) is 5.32 Å². The van der Waals surface area contributed by atoms with Gasteiger partial charge in [-0.2, -0.15) is 0 Å². The van der Waals surface area contributed by atoms with Gasteiger partial charge in [0.2, 0.25) is 0 Å². The molecule has 0 aliphatic rings. The van der Waals surface area contributed by atoms with E-state index in [1.807, 2.05) is 33.9 Å². The summed E-state index contributed by atoms with van der Waals surface area (Å²) in [6, 6.07) is 5.43. The van der Waals surface area contributed by atoms with Crippen molar-refractivity contribution in [3.63, 3.8) is 0 Å². The highest BCUT2D eigenvalue weighted by Crippen LogP contribution is 2.31. The minimum absolute atomic E-state index is 0.117. The molecule has 88 valence electrons. The first-order valence-electron chi connectivity index (χ1n) is 5.40. The molecule has 0 fully saturated rings. The van der Waals surface area contributed by atoms with Crippen LogP contribution in [0.4, 0.5) is 5.69 Å². The molecule has 2 unspecified atom stereocenters. The first kappa shape index (κ1) is 12.6. The summed E-state index contributed by atoms with van der Waals surface area (Å²) in [4.78, 5) is 10.7. The molecule has 0 saturated heterocycles. The first-order valence-corrected chi connectivity index (χ1v) is 5.40. The molecule has 2 atom stereocenters. The van der Waals surface area contributed by atoms with Crippen molar-refractivity contribution in [1.29, 1.82) is 0 Å². The van der Waals surface area contributed by atoms with E-state index in [1.54, 1.807) is 12.1 Å². The maximum Gasteiger partial charge on any atom is 0.273 e. The Bertz CT molecular complexity index is 391. The summed E-state index contributed by atoms with van der Waals surface area (Å²) in [6.07, 6.45) is 0. The minimum Gasteiger partial charge on any atom is -0.317 e. The lowest BCUT2D eigenvalue weighted by molar-refractivity contribution is -0.385. The maximum atomic E-state index is 11.0. The summed E-state index contributed by atoms with van der Waals surface area (Å²) >= 11 is 0. The van der Waals surface area contributed by atoms with Gasteiger partial charge in [-0.3, -0.25) is 10.1 Å². The summed E-state index contributed by atoms with van der Waals surface area (Å²) in [5.74, 6) is 0.117. The van der Waals surface area contributed by atoms with Gasteiger partial charge in [-0.25, -0.2) is 0 Å². The van der Waals surface area contributed by atoms with E-state index in [0.29, 0.717) is 0 Å². The zero-order valence-corrected chi connectivity index (χ0v) is 10.2. The van der Waals surface area contributed by atoms with Crippen LogP contribution in [-0.2, 0) is 0 Å². The Kier molecular flexibility index (Phi) is 4.01. The van der Waals surface area contributed by atoms with Crippen molar-refractivity contribution in [1.82, 2.24) is 5.32 Å². The van der Waals surface area contributed by atoms with E-state index in [9.17, 15) is 10.1 Å². The van der Waals surface area contributed by atoms with Crippen molar-refractivity contribution in [2.75, 3.05) is 7.05 Å². The summed E-state index contributed by atoms with van der Waals surface area (Å²) in [7, 11) is 1.87. The summed E-state index contributed by atoms with van der Waals surface area (Å²) in [5, 5.41) is 14.1. The highest BCUT2D eigenvalue weighted by atomic mass is 16.6. The Hall–Kier alpha value is -1.42. The van der Waals surface area contributed by atoms with Crippen LogP contribution in [0.5, 0.6) is 0 Å². The van der Waals surface area contributed by atoms with Crippen LogP contribution >= 0.6 is 0 Å². The number of benzene rings is 1. The number of hydrogen-bond donors (Lipinski definition) is 1. The summed E-state index contributed by atoms with van der Waals surface area (Å²) in [6.45, 7) is 5.96. The number of hydrogen-bond acceptors (Lipinski definition) is 3. The van der Waals surface area contributed by atoms with Gasteiger partial charge < -0.3 is 5.32 Å². The fourth-order valence-electron chi connectivity index (χ4n) is 1.92. The van der Waals surface area contributed by atoms with Crippen molar-refractivity contribution >= 4 is 5.69 Å². The molecule has 16 heavy (non-hydrogen) atoms. The highest BCUT2D eigenvalue weighted by molar-refractivity contribution is 5.47. The lowest BCUT2D eigenvalue weighted by atomic mass is 9.89. The average molecular weight is 222 g/mol. The van der Waals surface area contributed by atoms with Crippen LogP contribution in [-0.4, -0.2) is 18.0 Å². The van der Waals surface area contributed by atoms with Crippen LogP contribution in [0.2, 0.25) is 0 Å². The van der Waals surface area contributed by atoms with E-state index >= 15 is 0 Å². The van der Waals surface area contributed by atoms with Gasteiger partial charge in [0, 0.05) is 23.6 Å². The molecular formula is C12H18N2O2. The number of aryl methyl sites for hydroxylation is 1. The molecule has 0 bridgehead atoms. The largest absolute Gasteiger partial charge is 0.317 e. The Labute approximate surface area is 95.8 Å². The van der Waals surface area contributed by atoms with E-state index in [0.717, 1.165) is 11.1 Å². The molecule has 0 aromatic heterocycles. The normalized spacial score (nSPS) is 14.5. The predicted octanol–water partition coefficient (Wildman–Crippen LogP) is 2.61. The number of nitrogens with zero attached hydrogens (tertiary/aromatic N) is 1. The van der Waals surface area contributed by atoms with Gasteiger partial charge in [-0.05, 0) is 26.5 Å². The third kappa shape index (κ3) is 2.39. The molecule has 0 saturated carbocycles. The van der Waals surface area contributed by atoms with E-state index in [1.165, 1.54) is 0 Å². The SMILES string of the molecule is CNC(C)C(C)c1c(C)cccc1[N+](=O)[O-]. The monoisotopic (exact) mass is 222 g/mol. The van der Waals surface area contributed by atoms with Crippen LogP contribution in [0.1, 0.15) is 30.9 Å². The van der Waals surface area contributed by atoms with Gasteiger partial charge in [-0.1, -0.05) is 19.1 Å². The van der Waals surface area contributed by atoms with E-state index in [-0.39, 0.29) is 22.6 Å². The van der Waals surface area contributed by atoms with Gasteiger partial charge in [0.25, 0.3) is 5.69 Å². The van der Waals surface area contributed by atoms with Gasteiger partial charge in [0.15, 0.2) is 0 Å². The molecule has 1 rings (SSSR count). The summed E-state index contributed by atoms with van der Waals surface area (Å²) in [5.41, 5.74) is 2.02. The van der Waals surface area contributed by atoms with Crippen LogP contribution in [0.15, 0.2) is 18.2 Å². The molecule has 1 N–H and O–H groups in total. The molecule has 0 spiro atoms. The molecule has 4 nitrogen and oxygen atoms in total.